The van der Waals surface area contributed by atoms with Gasteiger partial charge in [-0.25, -0.2) is 4.68 Å². The summed E-state index contributed by atoms with van der Waals surface area (Å²) in [6.07, 6.45) is 4.46. The van der Waals surface area contributed by atoms with Crippen molar-refractivity contribution in [1.82, 2.24) is 9.78 Å². The smallest absolute Gasteiger partial charge is 0.267 e. The first-order valence-electron chi connectivity index (χ1n) is 7.86. The van der Waals surface area contributed by atoms with E-state index in [4.69, 9.17) is 0 Å². The van der Waals surface area contributed by atoms with E-state index in [9.17, 15) is 4.79 Å². The lowest BCUT2D eigenvalue weighted by molar-refractivity contribution is 0.0951. The van der Waals surface area contributed by atoms with Crippen LogP contribution >= 0.6 is 0 Å². The first-order chi connectivity index (χ1) is 10.5. The molecular weight excluding hydrogens is 272 g/mol. The molecule has 0 amide bonds. The maximum absolute atomic E-state index is 12.5. The van der Waals surface area contributed by atoms with Gasteiger partial charge in [-0.15, -0.1) is 0 Å². The maximum atomic E-state index is 12.5. The van der Waals surface area contributed by atoms with Gasteiger partial charge in [0.05, 0.1) is 11.4 Å². The Bertz CT molecular complexity index is 783. The molecule has 3 nitrogen and oxygen atoms in total. The molecule has 1 aromatic heterocycles. The van der Waals surface area contributed by atoms with Crippen molar-refractivity contribution in [3.8, 4) is 0 Å². The van der Waals surface area contributed by atoms with Crippen molar-refractivity contribution in [2.75, 3.05) is 0 Å². The van der Waals surface area contributed by atoms with Crippen LogP contribution in [0.1, 0.15) is 47.1 Å². The number of benzene rings is 1. The Morgan fingerprint density at radius 2 is 2.05 bits per heavy atom. The van der Waals surface area contributed by atoms with Gasteiger partial charge in [0.25, 0.3) is 5.91 Å². The van der Waals surface area contributed by atoms with Crippen LogP contribution in [-0.4, -0.2) is 15.7 Å². The van der Waals surface area contributed by atoms with Crippen molar-refractivity contribution in [3.63, 3.8) is 0 Å². The number of aromatic nitrogens is 2. The molecule has 2 aliphatic rings. The number of allylic oxidation sites excluding steroid dienone is 1. The first-order valence-corrected chi connectivity index (χ1v) is 7.86. The fourth-order valence-corrected chi connectivity index (χ4v) is 4.08. The van der Waals surface area contributed by atoms with Gasteiger partial charge in [0.1, 0.15) is 0 Å². The Balaban J connectivity index is 1.63. The third kappa shape index (κ3) is 1.81. The van der Waals surface area contributed by atoms with Crippen molar-refractivity contribution in [1.29, 1.82) is 0 Å². The Labute approximate surface area is 130 Å². The first kappa shape index (κ1) is 13.5. The summed E-state index contributed by atoms with van der Waals surface area (Å²) >= 11 is 0. The van der Waals surface area contributed by atoms with Gasteiger partial charge >= 0.3 is 0 Å². The van der Waals surface area contributed by atoms with Crippen molar-refractivity contribution in [2.24, 2.45) is 11.3 Å². The van der Waals surface area contributed by atoms with E-state index in [-0.39, 0.29) is 5.91 Å². The van der Waals surface area contributed by atoms with Crippen LogP contribution in [0.5, 0.6) is 0 Å². The van der Waals surface area contributed by atoms with Gasteiger partial charge in [0, 0.05) is 11.6 Å². The van der Waals surface area contributed by atoms with Gasteiger partial charge in [-0.2, -0.15) is 5.10 Å². The van der Waals surface area contributed by atoms with Crippen LogP contribution in [0.3, 0.4) is 0 Å². The number of aryl methyl sites for hydroxylation is 1. The van der Waals surface area contributed by atoms with E-state index in [0.717, 1.165) is 23.4 Å². The van der Waals surface area contributed by atoms with E-state index in [2.05, 4.69) is 18.9 Å². The predicted octanol–water partition coefficient (Wildman–Crippen LogP) is 3.84. The second-order valence-corrected chi connectivity index (χ2v) is 7.05. The third-order valence-corrected chi connectivity index (χ3v) is 5.41. The molecule has 3 heteroatoms. The molecule has 0 bridgehead atoms. The average Bonchev–Trinajstić information content (AvgIpc) is 2.86. The number of hydrogen-bond acceptors (Lipinski definition) is 2. The van der Waals surface area contributed by atoms with Crippen LogP contribution in [0.15, 0.2) is 36.4 Å². The van der Waals surface area contributed by atoms with Crippen LogP contribution in [-0.2, 0) is 6.42 Å². The number of hydrogen-bond donors (Lipinski definition) is 0. The third-order valence-electron chi connectivity index (χ3n) is 5.41. The van der Waals surface area contributed by atoms with Crippen LogP contribution in [0.4, 0.5) is 0 Å². The molecule has 2 aromatic rings. The highest BCUT2D eigenvalue weighted by Crippen LogP contribution is 2.70. The Hall–Kier alpha value is -2.16. The number of fused-ring (bicyclic) bond motifs is 3. The second-order valence-electron chi connectivity index (χ2n) is 7.05. The zero-order chi connectivity index (χ0) is 15.5. The molecule has 0 unspecified atom stereocenters. The van der Waals surface area contributed by atoms with Gasteiger partial charge in [0.15, 0.2) is 0 Å². The summed E-state index contributed by atoms with van der Waals surface area (Å²) in [5.74, 6) is 1.24. The highest BCUT2D eigenvalue weighted by molar-refractivity contribution is 5.94. The zero-order valence-electron chi connectivity index (χ0n) is 13.2. The lowest BCUT2D eigenvalue weighted by Gasteiger charge is -2.09. The SMILES string of the molecule is Cc1nn(C(=O)/C=C/c2ccccc2)c2c1[C@H]1[C@H](C2)C1(C)C. The topological polar surface area (TPSA) is 34.9 Å². The van der Waals surface area contributed by atoms with Crippen molar-refractivity contribution in [3.05, 3.63) is 58.9 Å². The maximum Gasteiger partial charge on any atom is 0.271 e. The van der Waals surface area contributed by atoms with Crippen molar-refractivity contribution >= 4 is 12.0 Å². The molecule has 2 aliphatic carbocycles. The van der Waals surface area contributed by atoms with Crippen LogP contribution in [0.2, 0.25) is 0 Å². The lowest BCUT2D eigenvalue weighted by atomic mass is 9.98. The largest absolute Gasteiger partial charge is 0.271 e. The highest BCUT2D eigenvalue weighted by atomic mass is 16.2. The summed E-state index contributed by atoms with van der Waals surface area (Å²) in [6.45, 7) is 6.67. The molecule has 4 rings (SSSR count). The summed E-state index contributed by atoms with van der Waals surface area (Å²) in [7, 11) is 0. The van der Waals surface area contributed by atoms with Gasteiger partial charge in [-0.1, -0.05) is 44.2 Å². The Morgan fingerprint density at radius 1 is 1.32 bits per heavy atom. The van der Waals surface area contributed by atoms with E-state index < -0.39 is 0 Å². The number of carbonyl (C=O) groups is 1. The minimum atomic E-state index is -0.0488. The van der Waals surface area contributed by atoms with Gasteiger partial charge in [-0.3, -0.25) is 4.79 Å². The minimum Gasteiger partial charge on any atom is -0.267 e. The number of rotatable bonds is 2. The molecule has 0 N–H and O–H groups in total. The molecular formula is C19H20N2O. The van der Waals surface area contributed by atoms with E-state index in [1.54, 1.807) is 10.8 Å². The Kier molecular flexibility index (Phi) is 2.71. The van der Waals surface area contributed by atoms with E-state index >= 15 is 0 Å². The fraction of sp³-hybridized carbons (Fsp3) is 0.368. The van der Waals surface area contributed by atoms with Gasteiger partial charge < -0.3 is 0 Å². The molecule has 1 saturated carbocycles. The molecule has 1 fully saturated rings. The number of carbonyl (C=O) groups excluding carboxylic acids is 1. The normalized spacial score (nSPS) is 24.3. The quantitative estimate of drug-likeness (QED) is 0.788. The number of nitrogens with zero attached hydrogens (tertiary/aromatic N) is 2. The van der Waals surface area contributed by atoms with Crippen LogP contribution in [0.25, 0.3) is 6.08 Å². The molecule has 0 aliphatic heterocycles. The fourth-order valence-electron chi connectivity index (χ4n) is 4.08. The summed E-state index contributed by atoms with van der Waals surface area (Å²) < 4.78 is 1.62. The summed E-state index contributed by atoms with van der Waals surface area (Å²) in [4.78, 5) is 12.5. The molecule has 1 aromatic carbocycles. The minimum absolute atomic E-state index is 0.0488. The average molecular weight is 292 g/mol. The standard InChI is InChI=1S/C19H20N2O/c1-12-17-15(11-14-18(17)19(14,2)3)21(20-12)16(22)10-9-13-7-5-4-6-8-13/h4-10,14,18H,11H2,1-3H3/b10-9+/t14-,18+/m0/s1. The van der Waals surface area contributed by atoms with Gasteiger partial charge in [-0.05, 0) is 42.2 Å². The van der Waals surface area contributed by atoms with E-state index in [1.165, 1.54) is 5.56 Å². The van der Waals surface area contributed by atoms with Gasteiger partial charge in [0.2, 0.25) is 0 Å². The van der Waals surface area contributed by atoms with E-state index in [0.29, 0.717) is 17.3 Å². The summed E-state index contributed by atoms with van der Waals surface area (Å²) in [6, 6.07) is 9.88. The molecule has 0 spiro atoms. The summed E-state index contributed by atoms with van der Waals surface area (Å²) in [5, 5.41) is 4.50. The van der Waals surface area contributed by atoms with Crippen molar-refractivity contribution in [2.45, 2.75) is 33.1 Å². The summed E-state index contributed by atoms with van der Waals surface area (Å²) in [5.41, 5.74) is 4.90. The van der Waals surface area contributed by atoms with Crippen molar-refractivity contribution < 1.29 is 4.79 Å². The van der Waals surface area contributed by atoms with E-state index in [1.807, 2.05) is 43.3 Å². The zero-order valence-corrected chi connectivity index (χ0v) is 13.2. The molecule has 22 heavy (non-hydrogen) atoms. The second kappa shape index (κ2) is 4.42. The Morgan fingerprint density at radius 3 is 2.77 bits per heavy atom. The molecule has 1 heterocycles. The van der Waals surface area contributed by atoms with Crippen LogP contribution < -0.4 is 0 Å². The molecule has 112 valence electrons. The lowest BCUT2D eigenvalue weighted by Crippen LogP contribution is -2.14. The van der Waals surface area contributed by atoms with Crippen LogP contribution in [0, 0.1) is 18.3 Å². The highest BCUT2D eigenvalue weighted by Gasteiger charge is 2.63. The molecule has 0 radical (unpaired) electrons. The molecule has 0 saturated heterocycles. The predicted molar refractivity (Wildman–Crippen MR) is 86.8 cm³/mol. The molecule has 2 atom stereocenters. The monoisotopic (exact) mass is 292 g/mol.